The first kappa shape index (κ1) is 18.6. The number of amides is 1. The number of nitrogens with one attached hydrogen (secondary N) is 1. The van der Waals surface area contributed by atoms with Gasteiger partial charge in [0.1, 0.15) is 15.7 Å². The van der Waals surface area contributed by atoms with Crippen LogP contribution >= 0.6 is 23.1 Å². The van der Waals surface area contributed by atoms with Gasteiger partial charge in [0.2, 0.25) is 5.91 Å². The average molecular weight is 400 g/mol. The summed E-state index contributed by atoms with van der Waals surface area (Å²) in [5.41, 5.74) is 1.15. The molecule has 2 aromatic rings. The molecule has 0 saturated carbocycles. The maximum atomic E-state index is 12.5. The minimum atomic E-state index is -3.00. The first-order valence-electron chi connectivity index (χ1n) is 8.08. The number of sulfone groups is 1. The topological polar surface area (TPSA) is 89.0 Å². The first-order valence-corrected chi connectivity index (χ1v) is 11.6. The van der Waals surface area contributed by atoms with Crippen molar-refractivity contribution >= 4 is 49.1 Å². The van der Waals surface area contributed by atoms with Gasteiger partial charge in [-0.15, -0.1) is 11.3 Å². The predicted molar refractivity (Wildman–Crippen MR) is 102 cm³/mol. The van der Waals surface area contributed by atoms with Crippen LogP contribution in [0.3, 0.4) is 0 Å². The molecule has 1 aliphatic heterocycles. The fraction of sp³-hybridized carbons (Fsp3) is 0.562. The quantitative estimate of drug-likeness (QED) is 0.627. The minimum absolute atomic E-state index is 0.0375. The van der Waals surface area contributed by atoms with Gasteiger partial charge < -0.3 is 5.32 Å². The van der Waals surface area contributed by atoms with Crippen molar-refractivity contribution in [2.75, 3.05) is 11.5 Å². The van der Waals surface area contributed by atoms with Gasteiger partial charge in [-0.2, -0.15) is 0 Å². The molecule has 0 aromatic carbocycles. The van der Waals surface area contributed by atoms with Gasteiger partial charge >= 0.3 is 0 Å². The smallest absolute Gasteiger partial charge is 0.233 e. The van der Waals surface area contributed by atoms with E-state index in [9.17, 15) is 13.2 Å². The van der Waals surface area contributed by atoms with Crippen molar-refractivity contribution in [3.8, 4) is 0 Å². The van der Waals surface area contributed by atoms with E-state index in [2.05, 4.69) is 22.2 Å². The third-order valence-electron chi connectivity index (χ3n) is 4.34. The summed E-state index contributed by atoms with van der Waals surface area (Å²) in [6.07, 6.45) is 0.491. The fourth-order valence-electron chi connectivity index (χ4n) is 2.85. The predicted octanol–water partition coefficient (Wildman–Crippen LogP) is 2.40. The van der Waals surface area contributed by atoms with Crippen LogP contribution in [-0.2, 0) is 14.6 Å². The molecule has 3 rings (SSSR count). The summed E-state index contributed by atoms with van der Waals surface area (Å²) < 4.78 is 23.1. The van der Waals surface area contributed by atoms with Crippen LogP contribution in [-0.4, -0.2) is 47.1 Å². The molecule has 1 amide bonds. The van der Waals surface area contributed by atoms with Crippen molar-refractivity contribution in [2.24, 2.45) is 0 Å². The Labute approximate surface area is 155 Å². The highest BCUT2D eigenvalue weighted by Gasteiger charge is 2.30. The molecule has 25 heavy (non-hydrogen) atoms. The standard InChI is InChI=1S/C16H21N3O3S3/c1-8-9(2)23-15-13(8)16(18-11(4)17-15)24-10(3)14(20)19-12-5-6-25(21,22)7-12/h10,12H,5-7H2,1-4H3,(H,19,20). The number of rotatable bonds is 4. The number of aromatic nitrogens is 2. The molecule has 0 spiro atoms. The largest absolute Gasteiger partial charge is 0.351 e. The Bertz CT molecular complexity index is 937. The van der Waals surface area contributed by atoms with Gasteiger partial charge in [0, 0.05) is 16.3 Å². The number of carbonyl (C=O) groups is 1. The summed E-state index contributed by atoms with van der Waals surface area (Å²) in [4.78, 5) is 23.6. The Kier molecular flexibility index (Phi) is 5.09. The third-order valence-corrected chi connectivity index (χ3v) is 8.30. The molecule has 1 aliphatic rings. The Balaban J connectivity index is 1.77. The zero-order valence-electron chi connectivity index (χ0n) is 14.6. The minimum Gasteiger partial charge on any atom is -0.351 e. The number of aryl methyl sites for hydroxylation is 3. The van der Waals surface area contributed by atoms with Crippen LogP contribution in [0.15, 0.2) is 5.03 Å². The maximum absolute atomic E-state index is 12.5. The number of hydrogen-bond donors (Lipinski definition) is 1. The van der Waals surface area contributed by atoms with E-state index in [0.29, 0.717) is 12.2 Å². The van der Waals surface area contributed by atoms with Gasteiger partial charge in [0.25, 0.3) is 0 Å². The molecule has 3 heterocycles. The lowest BCUT2D eigenvalue weighted by Gasteiger charge is -2.16. The second-order valence-electron chi connectivity index (χ2n) is 6.41. The van der Waals surface area contributed by atoms with E-state index in [1.165, 1.54) is 16.6 Å². The highest BCUT2D eigenvalue weighted by Crippen LogP contribution is 2.36. The van der Waals surface area contributed by atoms with Gasteiger partial charge in [0.05, 0.1) is 16.8 Å². The molecule has 9 heteroatoms. The average Bonchev–Trinajstić information content (AvgIpc) is 2.98. The van der Waals surface area contributed by atoms with Crippen LogP contribution in [0.2, 0.25) is 0 Å². The maximum Gasteiger partial charge on any atom is 0.233 e. The molecular formula is C16H21N3O3S3. The van der Waals surface area contributed by atoms with E-state index in [0.717, 1.165) is 20.8 Å². The van der Waals surface area contributed by atoms with Crippen LogP contribution in [0.1, 0.15) is 29.6 Å². The lowest BCUT2D eigenvalue weighted by Crippen LogP contribution is -2.39. The molecular weight excluding hydrogens is 378 g/mol. The lowest BCUT2D eigenvalue weighted by atomic mass is 10.2. The molecule has 1 fully saturated rings. The van der Waals surface area contributed by atoms with Gasteiger partial charge in [0.15, 0.2) is 9.84 Å². The second kappa shape index (κ2) is 6.85. The van der Waals surface area contributed by atoms with E-state index in [1.807, 2.05) is 20.8 Å². The van der Waals surface area contributed by atoms with E-state index >= 15 is 0 Å². The van der Waals surface area contributed by atoms with E-state index in [1.54, 1.807) is 11.3 Å². The highest BCUT2D eigenvalue weighted by molar-refractivity contribution is 8.00. The van der Waals surface area contributed by atoms with Crippen molar-refractivity contribution < 1.29 is 13.2 Å². The van der Waals surface area contributed by atoms with Crippen LogP contribution < -0.4 is 5.32 Å². The fourth-order valence-corrected chi connectivity index (χ4v) is 6.72. The lowest BCUT2D eigenvalue weighted by molar-refractivity contribution is -0.120. The van der Waals surface area contributed by atoms with E-state index in [-0.39, 0.29) is 28.7 Å². The number of fused-ring (bicyclic) bond motifs is 1. The highest BCUT2D eigenvalue weighted by atomic mass is 32.2. The Morgan fingerprint density at radius 3 is 2.68 bits per heavy atom. The van der Waals surface area contributed by atoms with Crippen LogP contribution in [0, 0.1) is 20.8 Å². The number of nitrogens with zero attached hydrogens (tertiary/aromatic N) is 2. The zero-order chi connectivity index (χ0) is 18.4. The summed E-state index contributed by atoms with van der Waals surface area (Å²) in [7, 11) is -3.00. The number of thioether (sulfide) groups is 1. The second-order valence-corrected chi connectivity index (χ2v) is 11.2. The third kappa shape index (κ3) is 3.98. The summed E-state index contributed by atoms with van der Waals surface area (Å²) in [6, 6.07) is -0.280. The normalized spacial score (nSPS) is 20.7. The van der Waals surface area contributed by atoms with Crippen molar-refractivity contribution in [3.63, 3.8) is 0 Å². The molecule has 2 aromatic heterocycles. The molecule has 1 saturated heterocycles. The van der Waals surface area contributed by atoms with Crippen LogP contribution in [0.5, 0.6) is 0 Å². The van der Waals surface area contributed by atoms with Crippen molar-refractivity contribution in [1.82, 2.24) is 15.3 Å². The molecule has 0 aliphatic carbocycles. The van der Waals surface area contributed by atoms with E-state index in [4.69, 9.17) is 0 Å². The first-order chi connectivity index (χ1) is 11.7. The van der Waals surface area contributed by atoms with Gasteiger partial charge in [-0.1, -0.05) is 11.8 Å². The number of carbonyl (C=O) groups excluding carboxylic acids is 1. The summed E-state index contributed by atoms with van der Waals surface area (Å²) in [6.45, 7) is 7.77. The summed E-state index contributed by atoms with van der Waals surface area (Å²) in [5, 5.41) is 4.32. The van der Waals surface area contributed by atoms with E-state index < -0.39 is 9.84 Å². The van der Waals surface area contributed by atoms with Gasteiger partial charge in [-0.3, -0.25) is 4.79 Å². The SMILES string of the molecule is Cc1nc(SC(C)C(=O)NC2CCS(=O)(=O)C2)c2c(C)c(C)sc2n1. The van der Waals surface area contributed by atoms with Crippen molar-refractivity contribution in [2.45, 2.75) is 50.4 Å². The molecule has 0 bridgehead atoms. The molecule has 2 atom stereocenters. The summed E-state index contributed by atoms with van der Waals surface area (Å²) in [5.74, 6) is 0.723. The number of thiophene rings is 1. The van der Waals surface area contributed by atoms with Gasteiger partial charge in [-0.05, 0) is 39.7 Å². The Morgan fingerprint density at radius 2 is 2.04 bits per heavy atom. The van der Waals surface area contributed by atoms with Crippen LogP contribution in [0.4, 0.5) is 0 Å². The zero-order valence-corrected chi connectivity index (χ0v) is 17.1. The van der Waals surface area contributed by atoms with Gasteiger partial charge in [-0.25, -0.2) is 18.4 Å². The Hall–Kier alpha value is -1.19. The molecule has 136 valence electrons. The summed E-state index contributed by atoms with van der Waals surface area (Å²) >= 11 is 3.04. The molecule has 6 nitrogen and oxygen atoms in total. The molecule has 2 unspecified atom stereocenters. The number of hydrogen-bond acceptors (Lipinski definition) is 7. The van der Waals surface area contributed by atoms with Crippen LogP contribution in [0.25, 0.3) is 10.2 Å². The molecule has 0 radical (unpaired) electrons. The van der Waals surface area contributed by atoms with Crippen molar-refractivity contribution in [1.29, 1.82) is 0 Å². The monoisotopic (exact) mass is 399 g/mol. The van der Waals surface area contributed by atoms with Crippen molar-refractivity contribution in [3.05, 3.63) is 16.3 Å². The Morgan fingerprint density at radius 1 is 1.32 bits per heavy atom. The molecule has 1 N–H and O–H groups in total.